The van der Waals surface area contributed by atoms with Gasteiger partial charge in [0.05, 0.1) is 31.0 Å². The van der Waals surface area contributed by atoms with E-state index >= 15 is 0 Å². The zero-order valence-corrected chi connectivity index (χ0v) is 24.6. The van der Waals surface area contributed by atoms with Gasteiger partial charge in [-0.2, -0.15) is 5.10 Å². The number of hydrogen-bond donors (Lipinski definition) is 1. The maximum Gasteiger partial charge on any atom is 0.264 e. The number of hydrazone groups is 1. The molecule has 0 aliphatic carbocycles. The summed E-state index contributed by atoms with van der Waals surface area (Å²) in [5, 5.41) is 8.32. The second-order valence-corrected chi connectivity index (χ2v) is 11.8. The van der Waals surface area contributed by atoms with Crippen molar-refractivity contribution in [3.8, 4) is 11.5 Å². The predicted molar refractivity (Wildman–Crippen MR) is 167 cm³/mol. The number of carbonyl (C=O) groups excluding carboxylic acids is 1. The lowest BCUT2D eigenvalue weighted by atomic mass is 9.97. The Balaban J connectivity index is 1.48. The van der Waals surface area contributed by atoms with Crippen molar-refractivity contribution in [3.05, 3.63) is 108 Å². The number of nitrogens with zero attached hydrogens (tertiary/aromatic N) is 2. The number of ether oxygens (including phenoxy) is 2. The minimum atomic E-state index is -4.19. The Labute approximate surface area is 245 Å². The fourth-order valence-electron chi connectivity index (χ4n) is 5.04. The summed E-state index contributed by atoms with van der Waals surface area (Å²) in [5.74, 6) is 0.0526. The van der Waals surface area contributed by atoms with Gasteiger partial charge in [0, 0.05) is 11.6 Å². The monoisotopic (exact) mass is 581 g/mol. The van der Waals surface area contributed by atoms with Gasteiger partial charge in [-0.05, 0) is 76.9 Å². The number of amides is 1. The Morgan fingerprint density at radius 1 is 0.810 bits per heavy atom. The normalized spacial score (nSPS) is 11.6. The van der Waals surface area contributed by atoms with Crippen molar-refractivity contribution in [3.63, 3.8) is 0 Å². The average molecular weight is 582 g/mol. The summed E-state index contributed by atoms with van der Waals surface area (Å²) in [5.41, 5.74) is 5.47. The van der Waals surface area contributed by atoms with Gasteiger partial charge in [-0.15, -0.1) is 0 Å². The molecule has 0 aliphatic heterocycles. The maximum atomic E-state index is 14.0. The maximum absolute atomic E-state index is 14.0. The minimum absolute atomic E-state index is 0.0437. The quantitative estimate of drug-likeness (QED) is 0.131. The predicted octanol–water partition coefficient (Wildman–Crippen LogP) is 5.97. The van der Waals surface area contributed by atoms with Crippen LogP contribution >= 0.6 is 0 Å². The summed E-state index contributed by atoms with van der Waals surface area (Å²) in [6, 6.07) is 27.7. The molecule has 0 saturated heterocycles. The van der Waals surface area contributed by atoms with Crippen molar-refractivity contribution in [2.45, 2.75) is 18.7 Å². The molecule has 0 radical (unpaired) electrons. The lowest BCUT2D eigenvalue weighted by molar-refractivity contribution is -0.119. The van der Waals surface area contributed by atoms with Crippen molar-refractivity contribution >= 4 is 49.4 Å². The Hall–Kier alpha value is -4.89. The molecule has 0 atom stereocenters. The van der Waals surface area contributed by atoms with Gasteiger partial charge < -0.3 is 9.47 Å². The Kier molecular flexibility index (Phi) is 8.13. The smallest absolute Gasteiger partial charge is 0.264 e. The number of aryl methyl sites for hydroxylation is 2. The molecule has 0 saturated carbocycles. The number of fused-ring (bicyclic) bond motifs is 2. The second kappa shape index (κ2) is 11.9. The van der Waals surface area contributed by atoms with E-state index in [1.165, 1.54) is 32.4 Å². The van der Waals surface area contributed by atoms with E-state index in [4.69, 9.17) is 9.47 Å². The number of nitrogens with one attached hydrogen (secondary N) is 1. The largest absolute Gasteiger partial charge is 0.493 e. The van der Waals surface area contributed by atoms with Crippen LogP contribution in [-0.4, -0.2) is 41.3 Å². The summed E-state index contributed by atoms with van der Waals surface area (Å²) in [4.78, 5) is 13.2. The van der Waals surface area contributed by atoms with Gasteiger partial charge in [0.2, 0.25) is 0 Å². The molecule has 5 aromatic rings. The van der Waals surface area contributed by atoms with Gasteiger partial charge in [-0.3, -0.25) is 9.10 Å². The van der Waals surface area contributed by atoms with E-state index in [-0.39, 0.29) is 10.6 Å². The van der Waals surface area contributed by atoms with Crippen molar-refractivity contribution in [2.75, 3.05) is 25.1 Å². The SMILES string of the molecule is COc1ccc(S(=O)(=O)N(CC(=O)N/N=C\c2c3ccccc3cc3ccccc23)c2cc(C)cc(C)c2)cc1OC. The van der Waals surface area contributed by atoms with Crippen molar-refractivity contribution in [1.82, 2.24) is 5.43 Å². The molecule has 1 amide bonds. The Bertz CT molecular complexity index is 1860. The highest BCUT2D eigenvalue weighted by Crippen LogP contribution is 2.33. The second-order valence-electron chi connectivity index (χ2n) is 9.90. The van der Waals surface area contributed by atoms with E-state index in [0.29, 0.717) is 11.4 Å². The molecule has 5 aromatic carbocycles. The van der Waals surface area contributed by atoms with Crippen molar-refractivity contribution in [2.24, 2.45) is 5.10 Å². The Morgan fingerprint density at radius 2 is 1.40 bits per heavy atom. The molecule has 0 heterocycles. The number of sulfonamides is 1. The molecule has 214 valence electrons. The molecule has 0 aromatic heterocycles. The van der Waals surface area contributed by atoms with Crippen LogP contribution < -0.4 is 19.2 Å². The molecule has 0 spiro atoms. The molecule has 0 unspecified atom stereocenters. The molecule has 42 heavy (non-hydrogen) atoms. The highest BCUT2D eigenvalue weighted by atomic mass is 32.2. The van der Waals surface area contributed by atoms with Gasteiger partial charge in [-0.1, -0.05) is 54.6 Å². The van der Waals surface area contributed by atoms with E-state index in [1.807, 2.05) is 68.4 Å². The summed E-state index contributed by atoms with van der Waals surface area (Å²) in [6.45, 7) is 3.25. The van der Waals surface area contributed by atoms with Crippen LogP contribution in [0.25, 0.3) is 21.5 Å². The van der Waals surface area contributed by atoms with Gasteiger partial charge in [0.15, 0.2) is 11.5 Å². The molecular weight excluding hydrogens is 550 g/mol. The highest BCUT2D eigenvalue weighted by Gasteiger charge is 2.28. The molecule has 0 bridgehead atoms. The number of rotatable bonds is 9. The highest BCUT2D eigenvalue weighted by molar-refractivity contribution is 7.92. The first kappa shape index (κ1) is 28.6. The van der Waals surface area contributed by atoms with Crippen LogP contribution in [0.15, 0.2) is 101 Å². The molecule has 0 aliphatic rings. The van der Waals surface area contributed by atoms with Gasteiger partial charge in [-0.25, -0.2) is 13.8 Å². The third-order valence-electron chi connectivity index (χ3n) is 6.92. The standard InChI is InChI=1S/C33H31N3O5S/c1-22-15-23(2)17-26(16-22)36(42(38,39)27-13-14-31(40-3)32(19-27)41-4)21-33(37)35-34-20-30-28-11-7-5-9-24(28)18-25-10-6-8-12-29(25)30/h5-20H,21H2,1-4H3,(H,35,37)/b34-20-. The molecule has 9 heteroatoms. The van der Waals surface area contributed by atoms with E-state index < -0.39 is 22.5 Å². The minimum Gasteiger partial charge on any atom is -0.493 e. The van der Waals surface area contributed by atoms with E-state index in [9.17, 15) is 13.2 Å². The van der Waals surface area contributed by atoms with Crippen molar-refractivity contribution < 1.29 is 22.7 Å². The average Bonchev–Trinajstić information content (AvgIpc) is 2.98. The van der Waals surface area contributed by atoms with Crippen LogP contribution in [-0.2, 0) is 14.8 Å². The van der Waals surface area contributed by atoms with Crippen LogP contribution in [0, 0.1) is 13.8 Å². The number of hydrogen-bond acceptors (Lipinski definition) is 6. The first-order chi connectivity index (χ1) is 20.2. The number of carbonyl (C=O) groups is 1. The number of benzene rings is 5. The third-order valence-corrected chi connectivity index (χ3v) is 8.69. The van der Waals surface area contributed by atoms with Gasteiger partial charge in [0.1, 0.15) is 6.54 Å². The summed E-state index contributed by atoms with van der Waals surface area (Å²) >= 11 is 0. The molecular formula is C33H31N3O5S. The van der Waals surface area contributed by atoms with Gasteiger partial charge in [0.25, 0.3) is 15.9 Å². The fraction of sp³-hybridized carbons (Fsp3) is 0.152. The summed E-state index contributed by atoms with van der Waals surface area (Å²) in [6.07, 6.45) is 1.60. The molecule has 1 N–H and O–H groups in total. The van der Waals surface area contributed by atoms with Crippen LogP contribution in [0.1, 0.15) is 16.7 Å². The molecule has 8 nitrogen and oxygen atoms in total. The van der Waals surface area contributed by atoms with E-state index in [0.717, 1.165) is 42.5 Å². The van der Waals surface area contributed by atoms with Crippen molar-refractivity contribution in [1.29, 1.82) is 0 Å². The number of methoxy groups -OCH3 is 2. The first-order valence-electron chi connectivity index (χ1n) is 13.3. The third kappa shape index (κ3) is 5.77. The lowest BCUT2D eigenvalue weighted by Crippen LogP contribution is -2.39. The first-order valence-corrected chi connectivity index (χ1v) is 14.7. The zero-order valence-electron chi connectivity index (χ0n) is 23.8. The van der Waals surface area contributed by atoms with E-state index in [1.54, 1.807) is 18.3 Å². The van der Waals surface area contributed by atoms with Crippen LogP contribution in [0.4, 0.5) is 5.69 Å². The fourth-order valence-corrected chi connectivity index (χ4v) is 6.46. The summed E-state index contributed by atoms with van der Waals surface area (Å²) in [7, 11) is -1.29. The summed E-state index contributed by atoms with van der Waals surface area (Å²) < 4.78 is 39.6. The lowest BCUT2D eigenvalue weighted by Gasteiger charge is -2.25. The molecule has 5 rings (SSSR count). The van der Waals surface area contributed by atoms with Crippen LogP contribution in [0.2, 0.25) is 0 Å². The zero-order chi connectivity index (χ0) is 29.9. The topological polar surface area (TPSA) is 97.3 Å². The van der Waals surface area contributed by atoms with Crippen LogP contribution in [0.3, 0.4) is 0 Å². The van der Waals surface area contributed by atoms with E-state index in [2.05, 4.69) is 16.6 Å². The van der Waals surface area contributed by atoms with Gasteiger partial charge >= 0.3 is 0 Å². The molecule has 0 fully saturated rings. The van der Waals surface area contributed by atoms with Crippen LogP contribution in [0.5, 0.6) is 11.5 Å². The number of anilines is 1. The Morgan fingerprint density at radius 3 is 2.00 bits per heavy atom.